The molecule has 0 amide bonds. The van der Waals surface area contributed by atoms with Crippen LogP contribution in [0.25, 0.3) is 5.52 Å². The van der Waals surface area contributed by atoms with E-state index in [1.807, 2.05) is 6.33 Å². The van der Waals surface area contributed by atoms with E-state index in [-0.39, 0.29) is 0 Å². The van der Waals surface area contributed by atoms with E-state index in [0.717, 1.165) is 18.8 Å². The molecule has 0 saturated carbocycles. The highest BCUT2D eigenvalue weighted by Gasteiger charge is 2.18. The molecule has 0 spiro atoms. The first-order valence-corrected chi connectivity index (χ1v) is 5.99. The molecular formula is C13H17N3. The van der Waals surface area contributed by atoms with E-state index in [1.54, 1.807) is 0 Å². The van der Waals surface area contributed by atoms with Gasteiger partial charge in [-0.15, -0.1) is 0 Å². The standard InChI is InChI=1S/C13H17N3/c1-10-13-12(11-4-2-6-14-8-11)5-3-7-16(13)9-15-10/h3,5,7,9,11,14H,2,4,6,8H2,1H3. The molecule has 1 N–H and O–H groups in total. The first-order chi connectivity index (χ1) is 7.86. The van der Waals surface area contributed by atoms with Crippen LogP contribution in [0.1, 0.15) is 30.0 Å². The molecule has 1 aliphatic rings. The van der Waals surface area contributed by atoms with Crippen molar-refractivity contribution < 1.29 is 0 Å². The highest BCUT2D eigenvalue weighted by atomic mass is 15.0. The zero-order valence-corrected chi connectivity index (χ0v) is 9.61. The van der Waals surface area contributed by atoms with E-state index < -0.39 is 0 Å². The van der Waals surface area contributed by atoms with Gasteiger partial charge in [-0.05, 0) is 43.9 Å². The van der Waals surface area contributed by atoms with Gasteiger partial charge in [-0.1, -0.05) is 6.07 Å². The van der Waals surface area contributed by atoms with Crippen LogP contribution in [0, 0.1) is 6.92 Å². The Labute approximate surface area is 95.5 Å². The van der Waals surface area contributed by atoms with Crippen LogP contribution in [-0.4, -0.2) is 22.5 Å². The topological polar surface area (TPSA) is 29.3 Å². The number of hydrogen-bond donors (Lipinski definition) is 1. The van der Waals surface area contributed by atoms with E-state index in [4.69, 9.17) is 0 Å². The third-order valence-electron chi connectivity index (χ3n) is 3.51. The van der Waals surface area contributed by atoms with Crippen molar-refractivity contribution >= 4 is 5.52 Å². The van der Waals surface area contributed by atoms with Crippen LogP contribution in [0.15, 0.2) is 24.7 Å². The maximum atomic E-state index is 4.39. The number of hydrogen-bond acceptors (Lipinski definition) is 2. The molecule has 84 valence electrons. The molecule has 2 aromatic rings. The van der Waals surface area contributed by atoms with Crippen LogP contribution >= 0.6 is 0 Å². The van der Waals surface area contributed by atoms with Crippen LogP contribution in [0.5, 0.6) is 0 Å². The molecule has 0 radical (unpaired) electrons. The van der Waals surface area contributed by atoms with Gasteiger partial charge in [-0.2, -0.15) is 0 Å². The van der Waals surface area contributed by atoms with E-state index in [2.05, 4.69) is 40.0 Å². The summed E-state index contributed by atoms with van der Waals surface area (Å²) in [6, 6.07) is 4.37. The number of piperidine rings is 1. The summed E-state index contributed by atoms with van der Waals surface area (Å²) in [5.41, 5.74) is 3.89. The molecule has 1 atom stereocenters. The summed E-state index contributed by atoms with van der Waals surface area (Å²) < 4.78 is 2.14. The average molecular weight is 215 g/mol. The number of aryl methyl sites for hydroxylation is 1. The Bertz CT molecular complexity index is 495. The van der Waals surface area contributed by atoms with E-state index in [1.165, 1.54) is 23.9 Å². The maximum Gasteiger partial charge on any atom is 0.0995 e. The van der Waals surface area contributed by atoms with Gasteiger partial charge in [0.05, 0.1) is 17.5 Å². The second-order valence-electron chi connectivity index (χ2n) is 4.59. The Balaban J connectivity index is 2.10. The van der Waals surface area contributed by atoms with E-state index in [9.17, 15) is 0 Å². The Hall–Kier alpha value is -1.35. The minimum atomic E-state index is 0.646. The molecular weight excluding hydrogens is 198 g/mol. The molecule has 3 heteroatoms. The molecule has 1 saturated heterocycles. The van der Waals surface area contributed by atoms with Gasteiger partial charge >= 0.3 is 0 Å². The van der Waals surface area contributed by atoms with E-state index >= 15 is 0 Å². The zero-order valence-electron chi connectivity index (χ0n) is 9.61. The normalized spacial score (nSPS) is 21.4. The van der Waals surface area contributed by atoms with Gasteiger partial charge in [0, 0.05) is 12.7 Å². The van der Waals surface area contributed by atoms with Crippen LogP contribution in [0.4, 0.5) is 0 Å². The summed E-state index contributed by atoms with van der Waals surface area (Å²) in [5.74, 6) is 0.646. The number of nitrogens with one attached hydrogen (secondary N) is 1. The van der Waals surface area contributed by atoms with Crippen molar-refractivity contribution in [2.45, 2.75) is 25.7 Å². The minimum Gasteiger partial charge on any atom is -0.316 e. The second kappa shape index (κ2) is 3.91. The van der Waals surface area contributed by atoms with E-state index in [0.29, 0.717) is 5.92 Å². The van der Waals surface area contributed by atoms with Gasteiger partial charge < -0.3 is 9.72 Å². The zero-order chi connectivity index (χ0) is 11.0. The van der Waals surface area contributed by atoms with Gasteiger partial charge in [0.15, 0.2) is 0 Å². The summed E-state index contributed by atoms with van der Waals surface area (Å²) in [5, 5.41) is 3.48. The fourth-order valence-corrected chi connectivity index (χ4v) is 2.69. The first kappa shape index (κ1) is 9.85. The Morgan fingerprint density at radius 2 is 2.44 bits per heavy atom. The lowest BCUT2D eigenvalue weighted by Crippen LogP contribution is -2.28. The second-order valence-corrected chi connectivity index (χ2v) is 4.59. The first-order valence-electron chi connectivity index (χ1n) is 5.99. The van der Waals surface area contributed by atoms with Crippen LogP contribution in [0.3, 0.4) is 0 Å². The fraction of sp³-hybridized carbons (Fsp3) is 0.462. The summed E-state index contributed by atoms with van der Waals surface area (Å²) in [4.78, 5) is 4.39. The third kappa shape index (κ3) is 1.52. The number of aromatic nitrogens is 2. The Morgan fingerprint density at radius 3 is 3.25 bits per heavy atom. The predicted octanol–water partition coefficient (Wildman–Crippen LogP) is 2.11. The largest absolute Gasteiger partial charge is 0.316 e. The molecule has 16 heavy (non-hydrogen) atoms. The summed E-state index contributed by atoms with van der Waals surface area (Å²) in [7, 11) is 0. The van der Waals surface area contributed by atoms with Gasteiger partial charge in [-0.25, -0.2) is 4.98 Å². The molecule has 0 aromatic carbocycles. The van der Waals surface area contributed by atoms with Crippen molar-refractivity contribution in [3.63, 3.8) is 0 Å². The van der Waals surface area contributed by atoms with Crippen molar-refractivity contribution in [2.75, 3.05) is 13.1 Å². The quantitative estimate of drug-likeness (QED) is 0.789. The minimum absolute atomic E-state index is 0.646. The fourth-order valence-electron chi connectivity index (χ4n) is 2.69. The molecule has 2 aromatic heterocycles. The van der Waals surface area contributed by atoms with Crippen molar-refractivity contribution in [1.29, 1.82) is 0 Å². The number of nitrogens with zero attached hydrogens (tertiary/aromatic N) is 2. The Kier molecular flexibility index (Phi) is 2.40. The third-order valence-corrected chi connectivity index (χ3v) is 3.51. The molecule has 3 rings (SSSR count). The van der Waals surface area contributed by atoms with Crippen LogP contribution in [0.2, 0.25) is 0 Å². The average Bonchev–Trinajstić information content (AvgIpc) is 2.73. The van der Waals surface area contributed by atoms with Crippen LogP contribution in [-0.2, 0) is 0 Å². The van der Waals surface area contributed by atoms with Gasteiger partial charge in [0.2, 0.25) is 0 Å². The lowest BCUT2D eigenvalue weighted by Gasteiger charge is -2.23. The van der Waals surface area contributed by atoms with Gasteiger partial charge in [-0.3, -0.25) is 0 Å². The van der Waals surface area contributed by atoms with Crippen molar-refractivity contribution in [2.24, 2.45) is 0 Å². The lowest BCUT2D eigenvalue weighted by atomic mass is 9.91. The van der Waals surface area contributed by atoms with Gasteiger partial charge in [0.25, 0.3) is 0 Å². The number of pyridine rings is 1. The van der Waals surface area contributed by atoms with Crippen molar-refractivity contribution in [1.82, 2.24) is 14.7 Å². The summed E-state index contributed by atoms with van der Waals surface area (Å²) >= 11 is 0. The number of imidazole rings is 1. The van der Waals surface area contributed by atoms with Gasteiger partial charge in [0.1, 0.15) is 0 Å². The number of fused-ring (bicyclic) bond motifs is 1. The van der Waals surface area contributed by atoms with Crippen molar-refractivity contribution in [3.8, 4) is 0 Å². The number of rotatable bonds is 1. The summed E-state index contributed by atoms with van der Waals surface area (Å²) in [6.45, 7) is 4.36. The molecule has 1 unspecified atom stereocenters. The smallest absolute Gasteiger partial charge is 0.0995 e. The molecule has 3 heterocycles. The summed E-state index contributed by atoms with van der Waals surface area (Å²) in [6.07, 6.45) is 6.55. The molecule has 0 aliphatic carbocycles. The Morgan fingerprint density at radius 1 is 1.50 bits per heavy atom. The molecule has 3 nitrogen and oxygen atoms in total. The predicted molar refractivity (Wildman–Crippen MR) is 64.8 cm³/mol. The molecule has 0 bridgehead atoms. The lowest BCUT2D eigenvalue weighted by molar-refractivity contribution is 0.463. The SMILES string of the molecule is Cc1ncn2cccc(C3CCCNC3)c12. The molecule has 1 fully saturated rings. The highest BCUT2D eigenvalue weighted by Crippen LogP contribution is 2.28. The molecule has 1 aliphatic heterocycles. The van der Waals surface area contributed by atoms with Crippen molar-refractivity contribution in [3.05, 3.63) is 35.9 Å². The highest BCUT2D eigenvalue weighted by molar-refractivity contribution is 5.60. The van der Waals surface area contributed by atoms with Crippen LogP contribution < -0.4 is 5.32 Å². The maximum absolute atomic E-state index is 4.39. The monoisotopic (exact) mass is 215 g/mol.